The summed E-state index contributed by atoms with van der Waals surface area (Å²) in [6.45, 7) is 1.94. The zero-order chi connectivity index (χ0) is 33.1. The lowest BCUT2D eigenvalue weighted by Crippen LogP contribution is -2.41. The predicted octanol–water partition coefficient (Wildman–Crippen LogP) is 7.52. The number of aromatic nitrogens is 2. The monoisotopic (exact) mass is 686 g/mol. The lowest BCUT2D eigenvalue weighted by atomic mass is 9.86. The van der Waals surface area contributed by atoms with Gasteiger partial charge < -0.3 is 30.2 Å². The number of alkyl halides is 4. The van der Waals surface area contributed by atoms with E-state index in [-0.39, 0.29) is 59.8 Å². The fraction of sp³-hybridized carbons (Fsp3) is 0.516. The van der Waals surface area contributed by atoms with Crippen LogP contribution in [0.4, 0.5) is 34.0 Å². The highest BCUT2D eigenvalue weighted by Crippen LogP contribution is 2.37. The Kier molecular flexibility index (Phi) is 10.7. The summed E-state index contributed by atoms with van der Waals surface area (Å²) in [6.07, 6.45) is -1.94. The fourth-order valence-electron chi connectivity index (χ4n) is 6.03. The Morgan fingerprint density at radius 3 is 2.48 bits per heavy atom. The third-order valence-electron chi connectivity index (χ3n) is 8.71. The van der Waals surface area contributed by atoms with Crippen LogP contribution < -0.4 is 20.7 Å². The molecular weight excluding hydrogens is 651 g/mol. The van der Waals surface area contributed by atoms with Gasteiger partial charge in [-0.1, -0.05) is 29.3 Å². The van der Waals surface area contributed by atoms with Crippen molar-refractivity contribution in [1.29, 1.82) is 0 Å². The second kappa shape index (κ2) is 14.5. The number of imidazole rings is 1. The van der Waals surface area contributed by atoms with Gasteiger partial charge in [-0.05, 0) is 63.1 Å². The van der Waals surface area contributed by atoms with Gasteiger partial charge in [-0.2, -0.15) is 0 Å². The van der Waals surface area contributed by atoms with Gasteiger partial charge >= 0.3 is 6.03 Å². The lowest BCUT2D eigenvalue weighted by molar-refractivity contribution is 0.0498. The van der Waals surface area contributed by atoms with Crippen LogP contribution in [-0.2, 0) is 13.6 Å². The van der Waals surface area contributed by atoms with Gasteiger partial charge in [-0.3, -0.25) is 4.79 Å². The van der Waals surface area contributed by atoms with Crippen molar-refractivity contribution in [2.24, 2.45) is 13.0 Å². The number of likely N-dealkylation sites (tertiary alicyclic amines) is 1. The van der Waals surface area contributed by atoms with Crippen LogP contribution in [0.1, 0.15) is 61.4 Å². The van der Waals surface area contributed by atoms with E-state index in [1.54, 1.807) is 28.6 Å². The van der Waals surface area contributed by atoms with Crippen molar-refractivity contribution in [2.45, 2.75) is 76.9 Å². The number of nitrogens with one attached hydrogen (secondary N) is 3. The van der Waals surface area contributed by atoms with Crippen molar-refractivity contribution >= 4 is 57.8 Å². The van der Waals surface area contributed by atoms with Crippen LogP contribution in [0.3, 0.4) is 0 Å². The van der Waals surface area contributed by atoms with E-state index < -0.39 is 31.3 Å². The van der Waals surface area contributed by atoms with E-state index >= 15 is 0 Å². The van der Waals surface area contributed by atoms with E-state index in [4.69, 9.17) is 27.9 Å². The number of carbonyl (C=O) groups is 2. The van der Waals surface area contributed by atoms with Gasteiger partial charge in [0.1, 0.15) is 12.4 Å². The molecule has 0 spiro atoms. The number of hydrogen-bond donors (Lipinski definition) is 3. The molecule has 9 nitrogen and oxygen atoms in total. The molecule has 1 saturated heterocycles. The zero-order valence-corrected chi connectivity index (χ0v) is 26.9. The molecule has 3 N–H and O–H groups in total. The Hall–Kier alpha value is -3.45. The van der Waals surface area contributed by atoms with Gasteiger partial charge in [0, 0.05) is 44.2 Å². The first-order valence-corrected chi connectivity index (χ1v) is 16.0. The summed E-state index contributed by atoms with van der Waals surface area (Å²) in [5.74, 6) is -1.05. The number of carbonyl (C=O) groups excluding carboxylic acids is 2. The van der Waals surface area contributed by atoms with Crippen LogP contribution in [0, 0.1) is 5.92 Å². The second-order valence-electron chi connectivity index (χ2n) is 11.8. The summed E-state index contributed by atoms with van der Waals surface area (Å²) in [5.41, 5.74) is 1.79. The number of aryl methyl sites for hydroxylation is 1. The van der Waals surface area contributed by atoms with Crippen LogP contribution in [0.25, 0.3) is 11.0 Å². The maximum atomic E-state index is 13.3. The van der Waals surface area contributed by atoms with Gasteiger partial charge in [0.15, 0.2) is 0 Å². The number of nitrogens with zero attached hydrogens (tertiary/aromatic N) is 3. The molecule has 2 aromatic carbocycles. The normalized spacial score (nSPS) is 20.0. The molecule has 2 fully saturated rings. The Morgan fingerprint density at radius 2 is 1.83 bits per heavy atom. The lowest BCUT2D eigenvalue weighted by Gasteiger charge is -2.28. The number of rotatable bonds is 10. The summed E-state index contributed by atoms with van der Waals surface area (Å²) < 4.78 is 59.3. The molecule has 1 aliphatic heterocycles. The second-order valence-corrected chi connectivity index (χ2v) is 12.6. The minimum Gasteiger partial charge on any atom is -0.487 e. The fourth-order valence-corrected chi connectivity index (χ4v) is 6.56. The third kappa shape index (κ3) is 7.57. The van der Waals surface area contributed by atoms with Crippen LogP contribution in [0.2, 0.25) is 10.0 Å². The van der Waals surface area contributed by atoms with Gasteiger partial charge in [-0.15, -0.1) is 0 Å². The van der Waals surface area contributed by atoms with E-state index in [2.05, 4.69) is 20.9 Å². The van der Waals surface area contributed by atoms with Crippen molar-refractivity contribution in [2.75, 3.05) is 18.5 Å². The summed E-state index contributed by atoms with van der Waals surface area (Å²) >= 11 is 13.2. The number of benzene rings is 2. The van der Waals surface area contributed by atoms with Crippen LogP contribution >= 0.6 is 23.2 Å². The first-order valence-electron chi connectivity index (χ1n) is 15.2. The Morgan fingerprint density at radius 1 is 1.09 bits per heavy atom. The summed E-state index contributed by atoms with van der Waals surface area (Å²) in [6, 6.07) is 5.91. The Bertz CT molecular complexity index is 1580. The molecule has 2 aliphatic rings. The molecule has 15 heteroatoms. The summed E-state index contributed by atoms with van der Waals surface area (Å²) in [4.78, 5) is 32.4. The molecule has 1 saturated carbocycles. The van der Waals surface area contributed by atoms with E-state index in [1.807, 2.05) is 6.92 Å². The molecule has 3 aromatic rings. The van der Waals surface area contributed by atoms with Crippen LogP contribution in [0.15, 0.2) is 24.3 Å². The largest absolute Gasteiger partial charge is 0.487 e. The minimum atomic E-state index is -2.78. The molecule has 1 atom stereocenters. The van der Waals surface area contributed by atoms with Crippen molar-refractivity contribution in [1.82, 2.24) is 25.1 Å². The summed E-state index contributed by atoms with van der Waals surface area (Å²) in [7, 11) is 1.68. The highest BCUT2D eigenvalue weighted by atomic mass is 35.5. The van der Waals surface area contributed by atoms with E-state index in [0.717, 1.165) is 12.8 Å². The first kappa shape index (κ1) is 33.9. The Balaban J connectivity index is 1.37. The van der Waals surface area contributed by atoms with E-state index in [9.17, 15) is 27.2 Å². The van der Waals surface area contributed by atoms with Gasteiger partial charge in [0.05, 0.1) is 32.3 Å². The van der Waals surface area contributed by atoms with E-state index in [0.29, 0.717) is 46.7 Å². The average molecular weight is 688 g/mol. The average Bonchev–Trinajstić information content (AvgIpc) is 3.59. The molecule has 0 radical (unpaired) electrons. The maximum absolute atomic E-state index is 13.3. The molecule has 2 heterocycles. The van der Waals surface area contributed by atoms with Crippen LogP contribution in [-0.4, -0.2) is 64.5 Å². The number of hydrogen-bond acceptors (Lipinski definition) is 5. The number of halogens is 6. The molecule has 1 aliphatic carbocycles. The molecule has 0 bridgehead atoms. The number of urea groups is 1. The molecule has 46 heavy (non-hydrogen) atoms. The number of anilines is 2. The quantitative estimate of drug-likeness (QED) is 0.192. The van der Waals surface area contributed by atoms with Crippen molar-refractivity contribution < 1.29 is 31.9 Å². The van der Waals surface area contributed by atoms with Crippen LogP contribution in [0.5, 0.6) is 5.75 Å². The molecule has 5 rings (SSSR count). The molecule has 1 aromatic heterocycles. The molecule has 1 unspecified atom stereocenters. The third-order valence-corrected chi connectivity index (χ3v) is 9.45. The maximum Gasteiger partial charge on any atom is 0.317 e. The van der Waals surface area contributed by atoms with Gasteiger partial charge in [0.2, 0.25) is 12.4 Å². The first-order chi connectivity index (χ1) is 21.9. The topological polar surface area (TPSA) is 101 Å². The standard InChI is InChI=1S/C31H36Cl2F4N6O3/c1-16-4-3-11-43(16)31(45)38-14-18-7-10-21(32)27(26(18)33)41-30-40-22-12-20(24(46-15-25(34)35)13-23(22)42(30)2)29(44)39-19-8-5-17(6-9-19)28(36)37/h7,10,12-13,16-17,19,25,28H,3-6,8-9,11,14-15H2,1-2H3,(H,38,45)(H,39,44)(H,40,41)/t16?,17-,19-. The molecule has 3 amide bonds. The summed E-state index contributed by atoms with van der Waals surface area (Å²) in [5, 5.41) is 9.44. The number of fused-ring (bicyclic) bond motifs is 1. The molecule has 250 valence electrons. The highest BCUT2D eigenvalue weighted by molar-refractivity contribution is 6.39. The number of ether oxygens (including phenoxy) is 1. The van der Waals surface area contributed by atoms with Gasteiger partial charge in [-0.25, -0.2) is 27.3 Å². The van der Waals surface area contributed by atoms with Gasteiger partial charge in [0.25, 0.3) is 12.3 Å². The minimum absolute atomic E-state index is 0.00472. The SMILES string of the molecule is CC1CCCN1C(=O)NCc1ccc(Cl)c(Nc2nc3cc(C(=O)N[C@H]4CC[C@H](C(F)F)CC4)c(OCC(F)F)cc3n2C)c1Cl. The zero-order valence-electron chi connectivity index (χ0n) is 25.4. The number of amides is 3. The Labute approximate surface area is 273 Å². The van der Waals surface area contributed by atoms with Crippen molar-refractivity contribution in [3.63, 3.8) is 0 Å². The van der Waals surface area contributed by atoms with E-state index in [1.165, 1.54) is 12.1 Å². The highest BCUT2D eigenvalue weighted by Gasteiger charge is 2.30. The van der Waals surface area contributed by atoms with Crippen molar-refractivity contribution in [3.8, 4) is 5.75 Å². The van der Waals surface area contributed by atoms with Crippen molar-refractivity contribution in [3.05, 3.63) is 45.4 Å². The molecular formula is C31H36Cl2F4N6O3. The smallest absolute Gasteiger partial charge is 0.317 e. The predicted molar refractivity (Wildman–Crippen MR) is 169 cm³/mol.